The second-order valence-corrected chi connectivity index (χ2v) is 18.7. The minimum Gasteiger partial charge on any atom is -0.508 e. The van der Waals surface area contributed by atoms with E-state index in [-0.39, 0.29) is 47.1 Å². The maximum Gasteiger partial charge on any atom is 0.330 e. The van der Waals surface area contributed by atoms with Crippen molar-refractivity contribution in [3.05, 3.63) is 178 Å². The number of anilines is 2. The lowest BCUT2D eigenvalue weighted by Gasteiger charge is -2.19. The number of hydrogen-bond acceptors (Lipinski definition) is 17. The number of hydrogen-bond donors (Lipinski definition) is 9. The number of carbonyl (C=O) groups is 6. The van der Waals surface area contributed by atoms with E-state index < -0.39 is 47.7 Å². The Kier molecular flexibility index (Phi) is 20.2. The van der Waals surface area contributed by atoms with Crippen molar-refractivity contribution in [1.29, 1.82) is 0 Å². The van der Waals surface area contributed by atoms with Gasteiger partial charge < -0.3 is 52.0 Å². The molecule has 2 atom stereocenters. The minimum absolute atomic E-state index is 0.165. The van der Waals surface area contributed by atoms with Crippen LogP contribution in [0.3, 0.4) is 0 Å². The number of nitrogens with zero attached hydrogens (tertiary/aromatic N) is 6. The summed E-state index contributed by atoms with van der Waals surface area (Å²) >= 11 is 0. The molecule has 81 heavy (non-hydrogen) atoms. The van der Waals surface area contributed by atoms with Gasteiger partial charge in [0, 0.05) is 49.3 Å². The number of phenols is 2. The van der Waals surface area contributed by atoms with Gasteiger partial charge in [0.1, 0.15) is 35.0 Å². The van der Waals surface area contributed by atoms with Crippen LogP contribution >= 0.6 is 0 Å². The molecule has 4 amide bonds. The number of carboxylic acids is 1. The second kappa shape index (κ2) is 28.0. The quantitative estimate of drug-likeness (QED) is 0.0273. The molecule has 0 fully saturated rings. The summed E-state index contributed by atoms with van der Waals surface area (Å²) in [4.78, 5) is 102. The fourth-order valence-corrected chi connectivity index (χ4v) is 8.81. The van der Waals surface area contributed by atoms with Crippen LogP contribution in [-0.2, 0) is 27.2 Å². The van der Waals surface area contributed by atoms with Crippen LogP contribution in [0.4, 0.5) is 11.9 Å². The van der Waals surface area contributed by atoms with E-state index in [9.17, 15) is 44.1 Å². The number of aliphatic carboxylic acids is 1. The number of phenolic OH excluding ortho intramolecular Hbond substituents is 2. The summed E-state index contributed by atoms with van der Waals surface area (Å²) in [6, 6.07) is 29.8. The molecule has 22 nitrogen and oxygen atoms in total. The third-order valence-electron chi connectivity index (χ3n) is 12.8. The van der Waals surface area contributed by atoms with Gasteiger partial charge in [-0.3, -0.25) is 29.1 Å². The van der Waals surface area contributed by atoms with E-state index in [0.29, 0.717) is 58.5 Å². The Balaban J connectivity index is 0.000000234. The molecular weight excluding hydrogens is 1040 g/mol. The van der Waals surface area contributed by atoms with Crippen LogP contribution in [0.2, 0.25) is 0 Å². The van der Waals surface area contributed by atoms with Crippen molar-refractivity contribution in [2.45, 2.75) is 65.5 Å². The number of benzene rings is 4. The lowest BCUT2D eigenvalue weighted by atomic mass is 10.1. The highest BCUT2D eigenvalue weighted by molar-refractivity contribution is 6.06. The molecule has 0 saturated heterocycles. The molecule has 0 unspecified atom stereocenters. The first-order valence-electron chi connectivity index (χ1n) is 25.9. The number of esters is 1. The number of nitrogens with one attached hydrogen (secondary N) is 6. The molecule has 8 rings (SSSR count). The van der Waals surface area contributed by atoms with Gasteiger partial charge in [0.2, 0.25) is 11.9 Å². The van der Waals surface area contributed by atoms with Gasteiger partial charge in [-0.05, 0) is 112 Å². The van der Waals surface area contributed by atoms with E-state index in [1.165, 1.54) is 19.5 Å². The summed E-state index contributed by atoms with van der Waals surface area (Å²) < 4.78 is 4.85. The maximum absolute atomic E-state index is 13.2. The zero-order chi connectivity index (χ0) is 58.0. The molecule has 9 N–H and O–H groups in total. The summed E-state index contributed by atoms with van der Waals surface area (Å²) in [6.45, 7) is 7.27. The van der Waals surface area contributed by atoms with Gasteiger partial charge in [0.25, 0.3) is 23.6 Å². The molecule has 4 aromatic heterocycles. The first-order chi connectivity index (χ1) is 39.0. The first-order valence-corrected chi connectivity index (χ1v) is 25.9. The van der Waals surface area contributed by atoms with Crippen LogP contribution in [0.15, 0.2) is 122 Å². The van der Waals surface area contributed by atoms with Crippen LogP contribution in [0.25, 0.3) is 21.5 Å². The number of aromatic hydroxyl groups is 2. The number of aryl methyl sites for hydroxylation is 6. The molecular formula is C59H62N12O10. The summed E-state index contributed by atoms with van der Waals surface area (Å²) in [5, 5.41) is 48.5. The Morgan fingerprint density at radius 1 is 0.519 bits per heavy atom. The van der Waals surface area contributed by atoms with Gasteiger partial charge in [-0.15, -0.1) is 0 Å². The Labute approximate surface area is 466 Å². The fraction of sp³-hybridized carbons (Fsp3) is 0.254. The summed E-state index contributed by atoms with van der Waals surface area (Å²) in [5.74, 6) is -3.09. The average Bonchev–Trinajstić information content (AvgIpc) is 3.48. The number of pyridine rings is 2. The van der Waals surface area contributed by atoms with Crippen molar-refractivity contribution in [3.63, 3.8) is 0 Å². The fourth-order valence-electron chi connectivity index (χ4n) is 8.81. The molecule has 0 saturated carbocycles. The molecule has 0 bridgehead atoms. The predicted molar refractivity (Wildman–Crippen MR) is 303 cm³/mol. The third kappa shape index (κ3) is 16.0. The van der Waals surface area contributed by atoms with E-state index in [4.69, 9.17) is 4.74 Å². The molecule has 8 aromatic rings. The van der Waals surface area contributed by atoms with Gasteiger partial charge in [-0.25, -0.2) is 29.5 Å². The highest BCUT2D eigenvalue weighted by Gasteiger charge is 2.28. The monoisotopic (exact) mass is 1100 g/mol. The molecule has 0 aliphatic heterocycles. The van der Waals surface area contributed by atoms with Crippen molar-refractivity contribution in [2.75, 3.05) is 43.9 Å². The van der Waals surface area contributed by atoms with Gasteiger partial charge in [0.15, 0.2) is 0 Å². The largest absolute Gasteiger partial charge is 0.508 e. The normalized spacial score (nSPS) is 11.5. The molecule has 0 aliphatic carbocycles. The molecule has 0 spiro atoms. The highest BCUT2D eigenvalue weighted by atomic mass is 16.5. The van der Waals surface area contributed by atoms with Crippen molar-refractivity contribution in [1.82, 2.24) is 51.2 Å². The zero-order valence-electron chi connectivity index (χ0n) is 45.2. The zero-order valence-corrected chi connectivity index (χ0v) is 45.2. The third-order valence-corrected chi connectivity index (χ3v) is 12.8. The lowest BCUT2D eigenvalue weighted by Crippen LogP contribution is -2.49. The van der Waals surface area contributed by atoms with E-state index in [2.05, 4.69) is 61.8 Å². The Morgan fingerprint density at radius 2 is 0.926 bits per heavy atom. The molecule has 0 aliphatic rings. The van der Waals surface area contributed by atoms with E-state index in [0.717, 1.165) is 47.6 Å². The smallest absolute Gasteiger partial charge is 0.330 e. The van der Waals surface area contributed by atoms with E-state index >= 15 is 0 Å². The first kappa shape index (κ1) is 58.6. The number of carboxylic acid groups (broad SMARTS) is 1. The number of rotatable bonds is 22. The Hall–Kier alpha value is -10.1. The summed E-state index contributed by atoms with van der Waals surface area (Å²) in [6.07, 6.45) is 6.12. The number of amides is 4. The van der Waals surface area contributed by atoms with Crippen LogP contribution in [-0.4, -0.2) is 126 Å². The minimum atomic E-state index is -1.39. The van der Waals surface area contributed by atoms with Crippen LogP contribution in [0, 0.1) is 27.7 Å². The van der Waals surface area contributed by atoms with E-state index in [1.807, 2.05) is 42.5 Å². The topological polar surface area (TPSA) is 322 Å². The highest BCUT2D eigenvalue weighted by Crippen LogP contribution is 2.20. The number of fused-ring (bicyclic) bond motifs is 2. The van der Waals surface area contributed by atoms with Crippen molar-refractivity contribution in [2.24, 2.45) is 0 Å². The summed E-state index contributed by atoms with van der Waals surface area (Å²) in [7, 11) is 1.20. The molecule has 4 heterocycles. The standard InChI is InChI=1S/C30H32N6O5.C29H30N6O5/c1-18-25(19(2)35-30(34-18)32-14-7-9-20-8-6-11-22(37)16-20)27(38)36-24(29(40)41-3)17-33-28(39)26-23-12-5-4-10-21(23)13-15-31-26;1-17-24(18(2)34-29(33-17)31-13-6-8-19-7-5-10-21(36)15-19)26(37)35-23(28(39)40)16-32-27(38)25-22-11-4-3-9-20(22)12-14-30-25/h4-6,8,10-13,15-16,24,37H,7,9,14,17H2,1-3H3,(H,33,39)(H,36,38)(H,32,34,35);3-5,7,9-12,14-15,23,36H,6,8,13,16H2,1-2H3,(H,32,38)(H,35,37)(H,39,40)(H,31,33,34)/t24-;23-/m00/s1. The number of aromatic nitrogens is 6. The Bertz CT molecular complexity index is 3540. The molecule has 22 heteroatoms. The van der Waals surface area contributed by atoms with Gasteiger partial charge >= 0.3 is 11.9 Å². The number of methoxy groups -OCH3 is 1. The van der Waals surface area contributed by atoms with Crippen molar-refractivity contribution < 1.29 is 48.8 Å². The van der Waals surface area contributed by atoms with Crippen molar-refractivity contribution in [3.8, 4) is 11.5 Å². The number of ether oxygens (including phenoxy) is 1. The number of carbonyl (C=O) groups excluding carboxylic acids is 5. The van der Waals surface area contributed by atoms with Crippen LogP contribution in [0.5, 0.6) is 11.5 Å². The summed E-state index contributed by atoms with van der Waals surface area (Å²) in [5.41, 5.74) is 4.43. The second-order valence-electron chi connectivity index (χ2n) is 18.7. The lowest BCUT2D eigenvalue weighted by molar-refractivity contribution is -0.142. The van der Waals surface area contributed by atoms with Crippen LogP contribution < -0.4 is 31.9 Å². The molecule has 0 radical (unpaired) electrons. The van der Waals surface area contributed by atoms with Gasteiger partial charge in [-0.2, -0.15) is 0 Å². The van der Waals surface area contributed by atoms with Crippen molar-refractivity contribution >= 4 is 69.0 Å². The Morgan fingerprint density at radius 3 is 1.33 bits per heavy atom. The average molecular weight is 1100 g/mol. The maximum atomic E-state index is 13.2. The van der Waals surface area contributed by atoms with Crippen LogP contribution in [0.1, 0.15) is 88.4 Å². The van der Waals surface area contributed by atoms with E-state index in [1.54, 1.807) is 94.4 Å². The SMILES string of the molecule is COC(=O)[C@H](CNC(=O)c1nccc2ccccc12)NC(=O)c1c(C)nc(NCCCc2cccc(O)c2)nc1C.Cc1nc(NCCCc2cccc(O)c2)nc(C)c1C(=O)N[C@@H](CNC(=O)c1nccc2ccccc12)C(=O)O. The molecule has 418 valence electrons. The van der Waals surface area contributed by atoms with Gasteiger partial charge in [0.05, 0.1) is 41.0 Å². The molecule has 4 aromatic carbocycles. The van der Waals surface area contributed by atoms with Gasteiger partial charge in [-0.1, -0.05) is 72.8 Å². The predicted octanol–water partition coefficient (Wildman–Crippen LogP) is 6.10.